The SMILES string of the molecule is CC1=CC(C)(C)[C@H]2[C@@H](O)OC[C@H]2C1=O. The molecule has 1 N–H and O–H groups in total. The molecule has 0 aromatic rings. The second kappa shape index (κ2) is 2.91. The highest BCUT2D eigenvalue weighted by Gasteiger charge is 2.50. The summed E-state index contributed by atoms with van der Waals surface area (Å²) >= 11 is 0. The van der Waals surface area contributed by atoms with E-state index in [9.17, 15) is 9.90 Å². The third kappa shape index (κ3) is 1.23. The number of hydrogen-bond donors (Lipinski definition) is 1. The van der Waals surface area contributed by atoms with Gasteiger partial charge in [-0.2, -0.15) is 0 Å². The molecule has 14 heavy (non-hydrogen) atoms. The lowest BCUT2D eigenvalue weighted by Crippen LogP contribution is -2.41. The van der Waals surface area contributed by atoms with Gasteiger partial charge in [0.25, 0.3) is 0 Å². The third-order valence-electron chi connectivity index (χ3n) is 3.36. The van der Waals surface area contributed by atoms with Crippen molar-refractivity contribution < 1.29 is 14.6 Å². The van der Waals surface area contributed by atoms with Crippen molar-refractivity contribution >= 4 is 5.78 Å². The first-order chi connectivity index (χ1) is 6.43. The zero-order valence-electron chi connectivity index (χ0n) is 8.78. The van der Waals surface area contributed by atoms with Crippen molar-refractivity contribution in [3.05, 3.63) is 11.6 Å². The van der Waals surface area contributed by atoms with Crippen LogP contribution in [0.15, 0.2) is 11.6 Å². The molecule has 0 saturated carbocycles. The maximum atomic E-state index is 11.8. The van der Waals surface area contributed by atoms with Gasteiger partial charge >= 0.3 is 0 Å². The van der Waals surface area contributed by atoms with Crippen LogP contribution in [-0.4, -0.2) is 23.8 Å². The standard InChI is InChI=1S/C11H16O3/c1-6-4-11(2,3)8-7(9(6)12)5-14-10(8)13/h4,7-8,10,13H,5H2,1-3H3/t7-,8-,10+/m1/s1. The molecule has 1 aliphatic carbocycles. The summed E-state index contributed by atoms with van der Waals surface area (Å²) in [6.07, 6.45) is 1.16. The minimum Gasteiger partial charge on any atom is -0.368 e. The van der Waals surface area contributed by atoms with Gasteiger partial charge in [-0.25, -0.2) is 0 Å². The Kier molecular flexibility index (Phi) is 2.05. The van der Waals surface area contributed by atoms with E-state index < -0.39 is 6.29 Å². The fourth-order valence-corrected chi connectivity index (χ4v) is 2.75. The van der Waals surface area contributed by atoms with E-state index in [0.717, 1.165) is 5.57 Å². The average molecular weight is 196 g/mol. The minimum atomic E-state index is -0.789. The van der Waals surface area contributed by atoms with Crippen LogP contribution in [0, 0.1) is 17.3 Å². The predicted octanol–water partition coefficient (Wildman–Crippen LogP) is 1.12. The van der Waals surface area contributed by atoms with E-state index in [1.165, 1.54) is 0 Å². The lowest BCUT2D eigenvalue weighted by Gasteiger charge is -2.37. The Morgan fingerprint density at radius 1 is 1.57 bits per heavy atom. The van der Waals surface area contributed by atoms with Crippen molar-refractivity contribution in [1.82, 2.24) is 0 Å². The number of ether oxygens (including phenoxy) is 1. The van der Waals surface area contributed by atoms with Gasteiger partial charge in [0.2, 0.25) is 0 Å². The fraction of sp³-hybridized carbons (Fsp3) is 0.727. The molecule has 1 fully saturated rings. The highest BCUT2D eigenvalue weighted by Crippen LogP contribution is 2.46. The molecule has 1 aliphatic heterocycles. The molecule has 0 aromatic heterocycles. The van der Waals surface area contributed by atoms with Crippen molar-refractivity contribution in [2.45, 2.75) is 27.1 Å². The van der Waals surface area contributed by atoms with Crippen LogP contribution in [0.3, 0.4) is 0 Å². The predicted molar refractivity (Wildman–Crippen MR) is 51.5 cm³/mol. The van der Waals surface area contributed by atoms with Crippen LogP contribution in [0.5, 0.6) is 0 Å². The Morgan fingerprint density at radius 3 is 2.86 bits per heavy atom. The van der Waals surface area contributed by atoms with Crippen LogP contribution >= 0.6 is 0 Å². The van der Waals surface area contributed by atoms with Gasteiger partial charge in [-0.05, 0) is 17.9 Å². The van der Waals surface area contributed by atoms with Crippen LogP contribution in [0.4, 0.5) is 0 Å². The van der Waals surface area contributed by atoms with Gasteiger partial charge in [-0.15, -0.1) is 0 Å². The van der Waals surface area contributed by atoms with E-state index in [-0.39, 0.29) is 23.0 Å². The Bertz CT molecular complexity index is 304. The Balaban J connectivity index is 2.43. The number of ketones is 1. The first kappa shape index (κ1) is 9.87. The van der Waals surface area contributed by atoms with Crippen molar-refractivity contribution in [2.24, 2.45) is 17.3 Å². The van der Waals surface area contributed by atoms with Crippen molar-refractivity contribution in [3.63, 3.8) is 0 Å². The van der Waals surface area contributed by atoms with Gasteiger partial charge in [0.1, 0.15) is 0 Å². The zero-order valence-corrected chi connectivity index (χ0v) is 8.78. The molecule has 0 bridgehead atoms. The van der Waals surface area contributed by atoms with Crippen molar-refractivity contribution in [1.29, 1.82) is 0 Å². The molecule has 0 spiro atoms. The molecule has 78 valence electrons. The van der Waals surface area contributed by atoms with Crippen LogP contribution in [0.1, 0.15) is 20.8 Å². The molecule has 2 aliphatic rings. The van der Waals surface area contributed by atoms with Gasteiger partial charge in [0.15, 0.2) is 12.1 Å². The van der Waals surface area contributed by atoms with E-state index in [2.05, 4.69) is 0 Å². The van der Waals surface area contributed by atoms with Crippen LogP contribution < -0.4 is 0 Å². The number of aliphatic hydroxyl groups is 1. The largest absolute Gasteiger partial charge is 0.368 e. The highest BCUT2D eigenvalue weighted by atomic mass is 16.6. The molecule has 0 aromatic carbocycles. The fourth-order valence-electron chi connectivity index (χ4n) is 2.75. The maximum absolute atomic E-state index is 11.8. The molecule has 3 heteroatoms. The summed E-state index contributed by atoms with van der Waals surface area (Å²) < 4.78 is 5.16. The van der Waals surface area contributed by atoms with Gasteiger partial charge in [0, 0.05) is 5.92 Å². The quantitative estimate of drug-likeness (QED) is 0.631. The lowest BCUT2D eigenvalue weighted by atomic mass is 9.66. The minimum absolute atomic E-state index is 0.0845. The Hall–Kier alpha value is -0.670. The second-order valence-electron chi connectivity index (χ2n) is 4.87. The van der Waals surface area contributed by atoms with Gasteiger partial charge in [0.05, 0.1) is 12.5 Å². The number of carbonyl (C=O) groups excluding carboxylic acids is 1. The van der Waals surface area contributed by atoms with Crippen molar-refractivity contribution in [2.75, 3.05) is 6.61 Å². The van der Waals surface area contributed by atoms with Gasteiger partial charge in [-0.1, -0.05) is 19.9 Å². The Morgan fingerprint density at radius 2 is 2.21 bits per heavy atom. The lowest BCUT2D eigenvalue weighted by molar-refractivity contribution is -0.124. The second-order valence-corrected chi connectivity index (χ2v) is 4.87. The van der Waals surface area contributed by atoms with Crippen LogP contribution in [0.2, 0.25) is 0 Å². The molecule has 1 heterocycles. The summed E-state index contributed by atoms with van der Waals surface area (Å²) in [5.41, 5.74) is 0.646. The number of aliphatic hydroxyl groups excluding tert-OH is 1. The van der Waals surface area contributed by atoms with E-state index in [4.69, 9.17) is 4.74 Å². The summed E-state index contributed by atoms with van der Waals surface area (Å²) in [6.45, 7) is 6.28. The topological polar surface area (TPSA) is 46.5 Å². The zero-order chi connectivity index (χ0) is 10.5. The molecular formula is C11H16O3. The monoisotopic (exact) mass is 196 g/mol. The molecule has 0 unspecified atom stereocenters. The molecule has 3 atom stereocenters. The van der Waals surface area contributed by atoms with Gasteiger partial charge < -0.3 is 9.84 Å². The van der Waals surface area contributed by atoms with E-state index in [1.54, 1.807) is 0 Å². The molecule has 1 saturated heterocycles. The Labute approximate surface area is 83.8 Å². The van der Waals surface area contributed by atoms with Crippen LogP contribution in [0.25, 0.3) is 0 Å². The number of allylic oxidation sites excluding steroid dienone is 2. The first-order valence-electron chi connectivity index (χ1n) is 4.97. The summed E-state index contributed by atoms with van der Waals surface area (Å²) in [4.78, 5) is 11.8. The molecule has 3 nitrogen and oxygen atoms in total. The maximum Gasteiger partial charge on any atom is 0.164 e. The normalized spacial score (nSPS) is 40.7. The number of carbonyl (C=O) groups is 1. The summed E-state index contributed by atoms with van der Waals surface area (Å²) in [5.74, 6) is -0.102. The number of Topliss-reactive ketones (excluding diaryl/α,β-unsaturated/α-hetero) is 1. The molecule has 0 radical (unpaired) electrons. The van der Waals surface area contributed by atoms with E-state index in [0.29, 0.717) is 6.61 Å². The van der Waals surface area contributed by atoms with E-state index >= 15 is 0 Å². The first-order valence-corrected chi connectivity index (χ1v) is 4.97. The third-order valence-corrected chi connectivity index (χ3v) is 3.36. The van der Waals surface area contributed by atoms with Gasteiger partial charge in [-0.3, -0.25) is 4.79 Å². The number of hydrogen-bond acceptors (Lipinski definition) is 3. The molecular weight excluding hydrogens is 180 g/mol. The smallest absolute Gasteiger partial charge is 0.164 e. The summed E-state index contributed by atoms with van der Waals surface area (Å²) in [5, 5.41) is 9.66. The van der Waals surface area contributed by atoms with Crippen LogP contribution in [-0.2, 0) is 9.53 Å². The van der Waals surface area contributed by atoms with Crippen molar-refractivity contribution in [3.8, 4) is 0 Å². The summed E-state index contributed by atoms with van der Waals surface area (Å²) in [7, 11) is 0. The average Bonchev–Trinajstić information content (AvgIpc) is 2.44. The van der Waals surface area contributed by atoms with E-state index in [1.807, 2.05) is 26.8 Å². The highest BCUT2D eigenvalue weighted by molar-refractivity contribution is 5.98. The molecule has 2 rings (SSSR count). The number of fused-ring (bicyclic) bond motifs is 1. The number of rotatable bonds is 0. The summed E-state index contributed by atoms with van der Waals surface area (Å²) in [6, 6.07) is 0. The molecule has 0 amide bonds.